The summed E-state index contributed by atoms with van der Waals surface area (Å²) >= 11 is 0. The molecular weight excluding hydrogens is 350 g/mol. The number of phenolic OH excluding ortho intramolecular Hbond substituents is 1. The second-order valence-electron chi connectivity index (χ2n) is 4.82. The second-order valence-corrected chi connectivity index (χ2v) is 6.47. The molecule has 0 aliphatic carbocycles. The molecule has 2 aromatic rings. The third kappa shape index (κ3) is 3.77. The lowest BCUT2D eigenvalue weighted by Crippen LogP contribution is -2.15. The van der Waals surface area contributed by atoms with Gasteiger partial charge in [-0.25, -0.2) is 13.2 Å². The van der Waals surface area contributed by atoms with Crippen molar-refractivity contribution in [3.63, 3.8) is 0 Å². The van der Waals surface area contributed by atoms with Crippen LogP contribution in [0.2, 0.25) is 0 Å². The van der Waals surface area contributed by atoms with E-state index in [1.807, 2.05) is 0 Å². The van der Waals surface area contributed by atoms with Crippen molar-refractivity contribution in [1.82, 2.24) is 0 Å². The van der Waals surface area contributed by atoms with Crippen molar-refractivity contribution in [2.24, 2.45) is 0 Å². The molecule has 2 aromatic carbocycles. The van der Waals surface area contributed by atoms with E-state index in [2.05, 4.69) is 9.46 Å². The van der Waals surface area contributed by atoms with E-state index in [0.29, 0.717) is 5.75 Å². The summed E-state index contributed by atoms with van der Waals surface area (Å²) in [5.41, 5.74) is -0.340. The smallest absolute Gasteiger partial charge is 0.341 e. The third-order valence-electron chi connectivity index (χ3n) is 3.35. The topological polar surface area (TPSA) is 111 Å². The summed E-state index contributed by atoms with van der Waals surface area (Å²) in [4.78, 5) is 11.4. The summed E-state index contributed by atoms with van der Waals surface area (Å²) in [7, 11) is -0.245. The van der Waals surface area contributed by atoms with Gasteiger partial charge < -0.3 is 19.3 Å². The molecule has 0 heterocycles. The number of sulfonamides is 1. The molecule has 134 valence electrons. The Kier molecular flexibility index (Phi) is 5.38. The highest BCUT2D eigenvalue weighted by atomic mass is 32.2. The van der Waals surface area contributed by atoms with Gasteiger partial charge in [0.05, 0.1) is 27.0 Å². The molecule has 9 heteroatoms. The average Bonchev–Trinajstić information content (AvgIpc) is 2.62. The molecule has 0 radical (unpaired) electrons. The molecule has 0 bridgehead atoms. The Labute approximate surface area is 145 Å². The van der Waals surface area contributed by atoms with Gasteiger partial charge in [-0.15, -0.1) is 0 Å². The Morgan fingerprint density at radius 1 is 1.08 bits per heavy atom. The van der Waals surface area contributed by atoms with Crippen LogP contribution < -0.4 is 14.2 Å². The summed E-state index contributed by atoms with van der Waals surface area (Å²) in [5.74, 6) is -0.928. The van der Waals surface area contributed by atoms with E-state index in [-0.39, 0.29) is 21.9 Å². The lowest BCUT2D eigenvalue weighted by molar-refractivity contribution is 0.0597. The van der Waals surface area contributed by atoms with Crippen molar-refractivity contribution in [3.8, 4) is 17.2 Å². The molecule has 0 atom stereocenters. The van der Waals surface area contributed by atoms with Gasteiger partial charge in [0.2, 0.25) is 0 Å². The van der Waals surface area contributed by atoms with Crippen LogP contribution in [0.4, 0.5) is 5.69 Å². The van der Waals surface area contributed by atoms with Crippen LogP contribution in [0.5, 0.6) is 17.2 Å². The fraction of sp³-hybridized carbons (Fsp3) is 0.188. The molecule has 8 nitrogen and oxygen atoms in total. The minimum absolute atomic E-state index is 0.0944. The van der Waals surface area contributed by atoms with E-state index in [1.165, 1.54) is 44.6 Å². The zero-order valence-electron chi connectivity index (χ0n) is 13.8. The minimum Gasteiger partial charge on any atom is -0.505 e. The maximum absolute atomic E-state index is 12.7. The number of carbonyl (C=O) groups excluding carboxylic acids is 1. The highest BCUT2D eigenvalue weighted by Gasteiger charge is 2.23. The van der Waals surface area contributed by atoms with Crippen molar-refractivity contribution in [2.75, 3.05) is 26.1 Å². The van der Waals surface area contributed by atoms with E-state index >= 15 is 0 Å². The van der Waals surface area contributed by atoms with E-state index in [0.717, 1.165) is 7.11 Å². The van der Waals surface area contributed by atoms with Crippen LogP contribution in [0.1, 0.15) is 10.4 Å². The van der Waals surface area contributed by atoms with Crippen LogP contribution >= 0.6 is 0 Å². The van der Waals surface area contributed by atoms with Crippen LogP contribution in [-0.2, 0) is 14.8 Å². The van der Waals surface area contributed by atoms with Crippen molar-refractivity contribution in [2.45, 2.75) is 4.90 Å². The van der Waals surface area contributed by atoms with Crippen LogP contribution in [-0.4, -0.2) is 40.8 Å². The summed E-state index contributed by atoms with van der Waals surface area (Å²) in [5, 5.41) is 10.1. The lowest BCUT2D eigenvalue weighted by Gasteiger charge is -2.14. The Hall–Kier alpha value is -2.94. The maximum Gasteiger partial charge on any atom is 0.341 e. The Bertz CT molecular complexity index is 893. The number of ether oxygens (including phenoxy) is 3. The number of para-hydroxylation sites is 1. The average molecular weight is 367 g/mol. The number of esters is 1. The van der Waals surface area contributed by atoms with Gasteiger partial charge in [-0.1, -0.05) is 6.07 Å². The summed E-state index contributed by atoms with van der Waals surface area (Å²) < 4.78 is 42.2. The first-order chi connectivity index (χ1) is 11.8. The molecule has 0 fully saturated rings. The largest absolute Gasteiger partial charge is 0.505 e. The highest BCUT2D eigenvalue weighted by Crippen LogP contribution is 2.33. The van der Waals surface area contributed by atoms with Crippen LogP contribution in [0, 0.1) is 0 Å². The quantitative estimate of drug-likeness (QED) is 0.593. The van der Waals surface area contributed by atoms with Gasteiger partial charge in [0.25, 0.3) is 10.0 Å². The number of nitrogens with one attached hydrogen (secondary N) is 1. The zero-order valence-corrected chi connectivity index (χ0v) is 14.6. The third-order valence-corrected chi connectivity index (χ3v) is 4.73. The number of benzene rings is 2. The first kappa shape index (κ1) is 18.4. The van der Waals surface area contributed by atoms with Gasteiger partial charge in [-0.05, 0) is 24.3 Å². The molecule has 0 unspecified atom stereocenters. The van der Waals surface area contributed by atoms with Crippen molar-refractivity contribution >= 4 is 21.7 Å². The second kappa shape index (κ2) is 7.31. The number of hydrogen-bond donors (Lipinski definition) is 2. The van der Waals surface area contributed by atoms with E-state index in [1.54, 1.807) is 6.07 Å². The number of aromatic hydroxyl groups is 1. The summed E-state index contributed by atoms with van der Waals surface area (Å²) in [6.07, 6.45) is 0. The van der Waals surface area contributed by atoms with E-state index in [9.17, 15) is 18.3 Å². The molecule has 0 spiro atoms. The number of methoxy groups -OCH3 is 3. The fourth-order valence-corrected chi connectivity index (χ4v) is 3.35. The van der Waals surface area contributed by atoms with E-state index in [4.69, 9.17) is 9.47 Å². The molecule has 2 N–H and O–H groups in total. The first-order valence-corrected chi connectivity index (χ1v) is 8.47. The standard InChI is InChI=1S/C16H17NO7S/c1-22-10-7-8-13(23-2)14(9-10)25(20,21)17-12-6-4-5-11(15(12)18)16(19)24-3/h4-9,17-18H,1-3H3. The van der Waals surface area contributed by atoms with Gasteiger partial charge in [-0.2, -0.15) is 0 Å². The summed E-state index contributed by atoms with van der Waals surface area (Å²) in [6.45, 7) is 0. The van der Waals surface area contributed by atoms with Crippen LogP contribution in [0.25, 0.3) is 0 Å². The Morgan fingerprint density at radius 2 is 1.80 bits per heavy atom. The SMILES string of the molecule is COC(=O)c1cccc(NS(=O)(=O)c2cc(OC)ccc2OC)c1O. The molecule has 0 amide bonds. The van der Waals surface area contributed by atoms with E-state index < -0.39 is 21.7 Å². The molecule has 0 saturated carbocycles. The molecule has 0 aromatic heterocycles. The summed E-state index contributed by atoms with van der Waals surface area (Å²) in [6, 6.07) is 8.30. The molecule has 25 heavy (non-hydrogen) atoms. The predicted molar refractivity (Wildman–Crippen MR) is 89.8 cm³/mol. The molecule has 0 saturated heterocycles. The number of hydrogen-bond acceptors (Lipinski definition) is 7. The van der Waals surface area contributed by atoms with Crippen LogP contribution in [0.3, 0.4) is 0 Å². The maximum atomic E-state index is 12.7. The lowest BCUT2D eigenvalue weighted by atomic mass is 10.2. The van der Waals surface area contributed by atoms with Crippen molar-refractivity contribution in [1.29, 1.82) is 0 Å². The van der Waals surface area contributed by atoms with Gasteiger partial charge in [0, 0.05) is 6.07 Å². The number of carbonyl (C=O) groups is 1. The van der Waals surface area contributed by atoms with Gasteiger partial charge in [0.1, 0.15) is 22.0 Å². The molecular formula is C16H17NO7S. The molecule has 0 aliphatic rings. The van der Waals surface area contributed by atoms with Crippen molar-refractivity contribution < 1.29 is 32.5 Å². The van der Waals surface area contributed by atoms with Crippen molar-refractivity contribution in [3.05, 3.63) is 42.0 Å². The number of phenols is 1. The Morgan fingerprint density at radius 3 is 2.40 bits per heavy atom. The molecule has 0 aliphatic heterocycles. The first-order valence-electron chi connectivity index (χ1n) is 6.99. The monoisotopic (exact) mass is 367 g/mol. The number of anilines is 1. The highest BCUT2D eigenvalue weighted by molar-refractivity contribution is 7.92. The van der Waals surface area contributed by atoms with Gasteiger partial charge in [-0.3, -0.25) is 4.72 Å². The number of rotatable bonds is 6. The van der Waals surface area contributed by atoms with Gasteiger partial charge in [0.15, 0.2) is 5.75 Å². The fourth-order valence-electron chi connectivity index (χ4n) is 2.09. The van der Waals surface area contributed by atoms with Gasteiger partial charge >= 0.3 is 5.97 Å². The predicted octanol–water partition coefficient (Wildman–Crippen LogP) is 2.00. The van der Waals surface area contributed by atoms with Crippen LogP contribution in [0.15, 0.2) is 41.3 Å². The normalized spacial score (nSPS) is 10.8. The minimum atomic E-state index is -4.13. The zero-order chi connectivity index (χ0) is 18.6. The molecule has 2 rings (SSSR count). The Balaban J connectivity index is 2.48.